The number of hydrogen-bond acceptors (Lipinski definition) is 3. The van der Waals surface area contributed by atoms with Crippen molar-refractivity contribution in [2.24, 2.45) is 0 Å². The molecule has 0 radical (unpaired) electrons. The molecule has 0 bridgehead atoms. The van der Waals surface area contributed by atoms with Crippen molar-refractivity contribution >= 4 is 33.4 Å². The lowest BCUT2D eigenvalue weighted by Gasteiger charge is -2.13. The van der Waals surface area contributed by atoms with Gasteiger partial charge in [0.1, 0.15) is 12.4 Å². The first-order chi connectivity index (χ1) is 13.6. The molecule has 3 rings (SSSR count). The van der Waals surface area contributed by atoms with Crippen LogP contribution >= 0.6 is 15.9 Å². The number of carbonyl (C=O) groups is 2. The molecule has 142 valence electrons. The normalized spacial score (nSPS) is 10.2. The maximum Gasteiger partial charge on any atom is 0.259 e. The van der Waals surface area contributed by atoms with E-state index in [2.05, 4.69) is 26.6 Å². The SMILES string of the molecule is CNC(=O)c1ccc(NC(=O)c2ccccc2OCc2ccccc2Br)cc1. The van der Waals surface area contributed by atoms with Crippen molar-refractivity contribution in [3.63, 3.8) is 0 Å². The fourth-order valence-electron chi connectivity index (χ4n) is 2.60. The van der Waals surface area contributed by atoms with Crippen LogP contribution in [0.3, 0.4) is 0 Å². The average Bonchev–Trinajstić information content (AvgIpc) is 2.73. The van der Waals surface area contributed by atoms with E-state index >= 15 is 0 Å². The molecule has 2 amide bonds. The average molecular weight is 439 g/mol. The molecule has 5 nitrogen and oxygen atoms in total. The van der Waals surface area contributed by atoms with Gasteiger partial charge in [-0.25, -0.2) is 0 Å². The third kappa shape index (κ3) is 4.78. The molecule has 0 fully saturated rings. The van der Waals surface area contributed by atoms with Crippen LogP contribution in [0.25, 0.3) is 0 Å². The molecule has 0 aliphatic rings. The monoisotopic (exact) mass is 438 g/mol. The van der Waals surface area contributed by atoms with E-state index in [9.17, 15) is 9.59 Å². The molecule has 0 saturated carbocycles. The fourth-order valence-corrected chi connectivity index (χ4v) is 3.00. The third-order valence-corrected chi connectivity index (χ3v) is 4.88. The first-order valence-electron chi connectivity index (χ1n) is 8.67. The zero-order valence-corrected chi connectivity index (χ0v) is 16.8. The molecule has 0 saturated heterocycles. The number of hydrogen-bond donors (Lipinski definition) is 2. The van der Waals surface area contributed by atoms with Crippen LogP contribution in [-0.4, -0.2) is 18.9 Å². The largest absolute Gasteiger partial charge is 0.488 e. The molecular weight excluding hydrogens is 420 g/mol. The van der Waals surface area contributed by atoms with Crippen LogP contribution in [0.4, 0.5) is 5.69 Å². The number of rotatable bonds is 6. The smallest absolute Gasteiger partial charge is 0.259 e. The molecule has 0 heterocycles. The summed E-state index contributed by atoms with van der Waals surface area (Å²) in [7, 11) is 1.57. The molecule has 2 N–H and O–H groups in total. The Morgan fingerprint density at radius 1 is 0.893 bits per heavy atom. The predicted octanol–water partition coefficient (Wildman–Crippen LogP) is 4.64. The summed E-state index contributed by atoms with van der Waals surface area (Å²) < 4.78 is 6.84. The molecule has 3 aromatic rings. The number of anilines is 1. The Kier molecular flexibility index (Phi) is 6.45. The van der Waals surface area contributed by atoms with Crippen LogP contribution in [0.5, 0.6) is 5.75 Å². The van der Waals surface area contributed by atoms with E-state index in [0.29, 0.717) is 29.2 Å². The van der Waals surface area contributed by atoms with Gasteiger partial charge in [-0.15, -0.1) is 0 Å². The summed E-state index contributed by atoms with van der Waals surface area (Å²) in [5.74, 6) is 0.0387. The van der Waals surface area contributed by atoms with Gasteiger partial charge in [0, 0.05) is 28.3 Å². The van der Waals surface area contributed by atoms with Crippen molar-refractivity contribution in [3.05, 3.63) is 94.0 Å². The summed E-state index contributed by atoms with van der Waals surface area (Å²) in [4.78, 5) is 24.3. The van der Waals surface area contributed by atoms with Crippen LogP contribution in [0.15, 0.2) is 77.3 Å². The zero-order chi connectivity index (χ0) is 19.9. The molecule has 0 aromatic heterocycles. The van der Waals surface area contributed by atoms with E-state index in [-0.39, 0.29) is 11.8 Å². The van der Waals surface area contributed by atoms with Gasteiger partial charge in [-0.05, 0) is 42.5 Å². The highest BCUT2D eigenvalue weighted by Crippen LogP contribution is 2.23. The quantitative estimate of drug-likeness (QED) is 0.588. The lowest BCUT2D eigenvalue weighted by atomic mass is 10.1. The van der Waals surface area contributed by atoms with E-state index in [0.717, 1.165) is 10.0 Å². The fraction of sp³-hybridized carbons (Fsp3) is 0.0909. The first-order valence-corrected chi connectivity index (χ1v) is 9.46. The highest BCUT2D eigenvalue weighted by molar-refractivity contribution is 9.10. The summed E-state index contributed by atoms with van der Waals surface area (Å²) in [5.41, 5.74) is 2.54. The lowest BCUT2D eigenvalue weighted by molar-refractivity contribution is 0.0962. The van der Waals surface area contributed by atoms with Gasteiger partial charge in [0.05, 0.1) is 5.56 Å². The summed E-state index contributed by atoms with van der Waals surface area (Å²) in [5, 5.41) is 5.39. The zero-order valence-electron chi connectivity index (χ0n) is 15.2. The Morgan fingerprint density at radius 2 is 1.57 bits per heavy atom. The summed E-state index contributed by atoms with van der Waals surface area (Å²) >= 11 is 3.49. The molecule has 28 heavy (non-hydrogen) atoms. The van der Waals surface area contributed by atoms with Crippen molar-refractivity contribution in [2.45, 2.75) is 6.61 Å². The van der Waals surface area contributed by atoms with Crippen molar-refractivity contribution in [1.29, 1.82) is 0 Å². The van der Waals surface area contributed by atoms with Gasteiger partial charge in [-0.1, -0.05) is 46.3 Å². The van der Waals surface area contributed by atoms with E-state index in [4.69, 9.17) is 4.74 Å². The number of amides is 2. The third-order valence-electron chi connectivity index (χ3n) is 4.10. The predicted molar refractivity (Wildman–Crippen MR) is 113 cm³/mol. The second-order valence-electron chi connectivity index (χ2n) is 5.99. The van der Waals surface area contributed by atoms with Crippen LogP contribution in [0.1, 0.15) is 26.3 Å². The van der Waals surface area contributed by atoms with Gasteiger partial charge in [0.25, 0.3) is 11.8 Å². The Balaban J connectivity index is 1.72. The lowest BCUT2D eigenvalue weighted by Crippen LogP contribution is -2.18. The minimum atomic E-state index is -0.282. The molecule has 3 aromatic carbocycles. The maximum absolute atomic E-state index is 12.7. The number of nitrogens with one attached hydrogen (secondary N) is 2. The Bertz CT molecular complexity index is 987. The maximum atomic E-state index is 12.7. The molecule has 6 heteroatoms. The van der Waals surface area contributed by atoms with Gasteiger partial charge in [-0.3, -0.25) is 9.59 Å². The minimum absolute atomic E-state index is 0.177. The number of halogens is 1. The van der Waals surface area contributed by atoms with Crippen LogP contribution in [0.2, 0.25) is 0 Å². The van der Waals surface area contributed by atoms with Crippen molar-refractivity contribution in [1.82, 2.24) is 5.32 Å². The molecule has 0 unspecified atom stereocenters. The van der Waals surface area contributed by atoms with Gasteiger partial charge < -0.3 is 15.4 Å². The number of benzene rings is 3. The second kappa shape index (κ2) is 9.19. The van der Waals surface area contributed by atoms with Gasteiger partial charge >= 0.3 is 0 Å². The molecular formula is C22H19BrN2O3. The van der Waals surface area contributed by atoms with Crippen molar-refractivity contribution < 1.29 is 14.3 Å². The second-order valence-corrected chi connectivity index (χ2v) is 6.84. The van der Waals surface area contributed by atoms with Crippen molar-refractivity contribution in [3.8, 4) is 5.75 Å². The Labute approximate surface area is 171 Å². The van der Waals surface area contributed by atoms with Crippen LogP contribution in [-0.2, 0) is 6.61 Å². The number of para-hydroxylation sites is 1. The van der Waals surface area contributed by atoms with Crippen molar-refractivity contribution in [2.75, 3.05) is 12.4 Å². The number of ether oxygens (including phenoxy) is 1. The Morgan fingerprint density at radius 3 is 2.29 bits per heavy atom. The Hall–Kier alpha value is -3.12. The molecule has 0 aliphatic heterocycles. The number of carbonyl (C=O) groups excluding carboxylic acids is 2. The molecule has 0 spiro atoms. The summed E-state index contributed by atoms with van der Waals surface area (Å²) in [6.07, 6.45) is 0. The van der Waals surface area contributed by atoms with Gasteiger partial charge in [0.2, 0.25) is 0 Å². The van der Waals surface area contributed by atoms with Crippen LogP contribution in [0, 0.1) is 0 Å². The van der Waals surface area contributed by atoms with E-state index in [1.165, 1.54) is 0 Å². The molecule has 0 atom stereocenters. The van der Waals surface area contributed by atoms with E-state index in [1.54, 1.807) is 49.5 Å². The summed E-state index contributed by atoms with van der Waals surface area (Å²) in [6, 6.07) is 21.5. The topological polar surface area (TPSA) is 67.4 Å². The van der Waals surface area contributed by atoms with E-state index in [1.807, 2.05) is 30.3 Å². The minimum Gasteiger partial charge on any atom is -0.488 e. The first kappa shape index (κ1) is 19.6. The van der Waals surface area contributed by atoms with Gasteiger partial charge in [0.15, 0.2) is 0 Å². The van der Waals surface area contributed by atoms with E-state index < -0.39 is 0 Å². The summed E-state index contributed by atoms with van der Waals surface area (Å²) in [6.45, 7) is 0.340. The standard InChI is InChI=1S/C22H19BrN2O3/c1-24-21(26)15-10-12-17(13-11-15)25-22(27)18-7-3-5-9-20(18)28-14-16-6-2-4-8-19(16)23/h2-13H,14H2,1H3,(H,24,26)(H,25,27). The highest BCUT2D eigenvalue weighted by Gasteiger charge is 2.13. The van der Waals surface area contributed by atoms with Gasteiger partial charge in [-0.2, -0.15) is 0 Å². The highest BCUT2D eigenvalue weighted by atomic mass is 79.9. The molecule has 0 aliphatic carbocycles. The van der Waals surface area contributed by atoms with Crippen LogP contribution < -0.4 is 15.4 Å².